The smallest absolute Gasteiger partial charge is 0.325 e. The number of benzene rings is 2. The Balaban J connectivity index is 1.93. The Morgan fingerprint density at radius 3 is 2.31 bits per heavy atom. The predicted octanol–water partition coefficient (Wildman–Crippen LogP) is 1.92. The second kappa shape index (κ2) is 9.95. The molecule has 2 aromatic carbocycles. The van der Waals surface area contributed by atoms with Crippen LogP contribution >= 0.6 is 0 Å². The average Bonchev–Trinajstić information content (AvgIpc) is 2.80. The molecule has 1 amide bonds. The molecule has 9 heteroatoms. The lowest BCUT2D eigenvalue weighted by Crippen LogP contribution is -2.40. The largest absolute Gasteiger partial charge is 0.497 e. The van der Waals surface area contributed by atoms with Gasteiger partial charge in [0.15, 0.2) is 0 Å². The zero-order valence-corrected chi connectivity index (χ0v) is 18.5. The summed E-state index contributed by atoms with van der Waals surface area (Å²) in [6.07, 6.45) is 0. The molecule has 0 spiro atoms. The summed E-state index contributed by atoms with van der Waals surface area (Å²) in [5, 5.41) is 0.419. The number of carbonyl (C=O) groups is 2. The van der Waals surface area contributed by atoms with Gasteiger partial charge < -0.3 is 19.1 Å². The highest BCUT2D eigenvalue weighted by atomic mass is 16.5. The third kappa shape index (κ3) is 5.05. The number of methoxy groups -OCH3 is 3. The molecular formula is C23H25N3O6. The lowest BCUT2D eigenvalue weighted by atomic mass is 10.1. The molecule has 1 heterocycles. The van der Waals surface area contributed by atoms with E-state index in [4.69, 9.17) is 14.2 Å². The van der Waals surface area contributed by atoms with Gasteiger partial charge >= 0.3 is 5.97 Å². The van der Waals surface area contributed by atoms with Gasteiger partial charge in [0, 0.05) is 12.6 Å². The maximum absolute atomic E-state index is 13.2. The van der Waals surface area contributed by atoms with Crippen molar-refractivity contribution in [2.75, 3.05) is 27.9 Å². The Hall–Kier alpha value is -3.88. The minimum absolute atomic E-state index is 0.0936. The number of fused-ring (bicyclic) bond motifs is 1. The minimum Gasteiger partial charge on any atom is -0.497 e. The van der Waals surface area contributed by atoms with E-state index in [2.05, 4.69) is 4.98 Å². The topological polar surface area (TPSA) is 100.0 Å². The lowest BCUT2D eigenvalue weighted by molar-refractivity contribution is -0.147. The Bertz CT molecular complexity index is 1180. The number of aryl methyl sites for hydroxylation is 1. The third-order valence-corrected chi connectivity index (χ3v) is 5.03. The van der Waals surface area contributed by atoms with Crippen LogP contribution in [0.5, 0.6) is 11.5 Å². The summed E-state index contributed by atoms with van der Waals surface area (Å²) >= 11 is 0. The zero-order valence-electron chi connectivity index (χ0n) is 18.5. The Kier molecular flexibility index (Phi) is 7.09. The van der Waals surface area contributed by atoms with Gasteiger partial charge in [0.05, 0.1) is 32.2 Å². The number of hydrogen-bond acceptors (Lipinski definition) is 7. The molecule has 9 nitrogen and oxygen atoms in total. The molecule has 0 atom stereocenters. The van der Waals surface area contributed by atoms with Gasteiger partial charge in [-0.1, -0.05) is 12.1 Å². The van der Waals surface area contributed by atoms with Crippen LogP contribution in [0.1, 0.15) is 11.4 Å². The van der Waals surface area contributed by atoms with Crippen molar-refractivity contribution in [2.45, 2.75) is 20.0 Å². The molecule has 0 aliphatic heterocycles. The number of para-hydroxylation sites is 1. The van der Waals surface area contributed by atoms with Crippen LogP contribution in [-0.4, -0.2) is 54.2 Å². The molecule has 0 saturated carbocycles. The van der Waals surface area contributed by atoms with Gasteiger partial charge in [0.2, 0.25) is 5.91 Å². The summed E-state index contributed by atoms with van der Waals surface area (Å²) in [4.78, 5) is 43.8. The fourth-order valence-corrected chi connectivity index (χ4v) is 3.33. The molecule has 0 saturated heterocycles. The standard InChI is InChI=1S/C23H25N3O6/c1-15-24-20-8-6-5-7-19(20)23(29)26(15)13-21(27)25(14-22(28)32-4)12-16-9-17(30-2)11-18(10-16)31-3/h5-11H,12-14H2,1-4H3. The number of nitrogens with zero attached hydrogens (tertiary/aromatic N) is 3. The van der Waals surface area contributed by atoms with E-state index < -0.39 is 11.9 Å². The highest BCUT2D eigenvalue weighted by Gasteiger charge is 2.21. The fourth-order valence-electron chi connectivity index (χ4n) is 3.33. The number of ether oxygens (including phenoxy) is 3. The van der Waals surface area contributed by atoms with Gasteiger partial charge in [0.1, 0.15) is 30.4 Å². The van der Waals surface area contributed by atoms with E-state index in [1.54, 1.807) is 49.4 Å². The molecule has 0 unspecified atom stereocenters. The van der Waals surface area contributed by atoms with Crippen LogP contribution in [-0.2, 0) is 27.4 Å². The summed E-state index contributed by atoms with van der Waals surface area (Å²) in [6, 6.07) is 12.1. The Morgan fingerprint density at radius 1 is 1.03 bits per heavy atom. The van der Waals surface area contributed by atoms with Crippen molar-refractivity contribution in [3.05, 3.63) is 64.2 Å². The van der Waals surface area contributed by atoms with Crippen molar-refractivity contribution in [1.29, 1.82) is 0 Å². The van der Waals surface area contributed by atoms with Crippen LogP contribution in [0, 0.1) is 6.92 Å². The van der Waals surface area contributed by atoms with Crippen molar-refractivity contribution < 1.29 is 23.8 Å². The Labute approximate surface area is 185 Å². The van der Waals surface area contributed by atoms with E-state index in [1.165, 1.54) is 30.8 Å². The van der Waals surface area contributed by atoms with Crippen molar-refractivity contribution in [1.82, 2.24) is 14.5 Å². The Morgan fingerprint density at radius 2 is 1.69 bits per heavy atom. The van der Waals surface area contributed by atoms with Crippen LogP contribution in [0.3, 0.4) is 0 Å². The van der Waals surface area contributed by atoms with Crippen LogP contribution in [0.4, 0.5) is 0 Å². The molecule has 0 fully saturated rings. The summed E-state index contributed by atoms with van der Waals surface area (Å²) in [5.74, 6) is 0.503. The lowest BCUT2D eigenvalue weighted by Gasteiger charge is -2.23. The number of carbonyl (C=O) groups excluding carboxylic acids is 2. The molecule has 0 N–H and O–H groups in total. The van der Waals surface area contributed by atoms with E-state index in [0.29, 0.717) is 33.8 Å². The van der Waals surface area contributed by atoms with Gasteiger partial charge in [-0.15, -0.1) is 0 Å². The second-order valence-electron chi connectivity index (χ2n) is 7.11. The van der Waals surface area contributed by atoms with Crippen molar-refractivity contribution in [3.8, 4) is 11.5 Å². The van der Waals surface area contributed by atoms with E-state index in [1.807, 2.05) is 0 Å². The third-order valence-electron chi connectivity index (χ3n) is 5.03. The highest BCUT2D eigenvalue weighted by molar-refractivity contribution is 5.83. The van der Waals surface area contributed by atoms with E-state index >= 15 is 0 Å². The number of rotatable bonds is 8. The first-order valence-electron chi connectivity index (χ1n) is 9.89. The number of amides is 1. The molecule has 3 aromatic rings. The quantitative estimate of drug-likeness (QED) is 0.495. The monoisotopic (exact) mass is 439 g/mol. The number of aromatic nitrogens is 2. The SMILES string of the molecule is COC(=O)CN(Cc1cc(OC)cc(OC)c1)C(=O)Cn1c(C)nc2ccccc2c1=O. The molecular weight excluding hydrogens is 414 g/mol. The second-order valence-corrected chi connectivity index (χ2v) is 7.11. The van der Waals surface area contributed by atoms with Crippen LogP contribution in [0.25, 0.3) is 10.9 Å². The maximum Gasteiger partial charge on any atom is 0.325 e. The molecule has 32 heavy (non-hydrogen) atoms. The highest BCUT2D eigenvalue weighted by Crippen LogP contribution is 2.23. The normalized spacial score (nSPS) is 10.6. The summed E-state index contributed by atoms with van der Waals surface area (Å²) < 4.78 is 16.6. The van der Waals surface area contributed by atoms with Gasteiger partial charge in [-0.3, -0.25) is 19.0 Å². The van der Waals surface area contributed by atoms with Crippen LogP contribution < -0.4 is 15.0 Å². The van der Waals surface area contributed by atoms with Gasteiger partial charge in [0.25, 0.3) is 5.56 Å². The van der Waals surface area contributed by atoms with E-state index in [-0.39, 0.29) is 25.2 Å². The van der Waals surface area contributed by atoms with Crippen LogP contribution in [0.15, 0.2) is 47.3 Å². The predicted molar refractivity (Wildman–Crippen MR) is 118 cm³/mol. The molecule has 0 radical (unpaired) electrons. The van der Waals surface area contributed by atoms with Crippen molar-refractivity contribution in [2.24, 2.45) is 0 Å². The van der Waals surface area contributed by atoms with Gasteiger partial charge in [-0.2, -0.15) is 0 Å². The minimum atomic E-state index is -0.575. The summed E-state index contributed by atoms with van der Waals surface area (Å²) in [5.41, 5.74) is 0.940. The van der Waals surface area contributed by atoms with E-state index in [0.717, 1.165) is 0 Å². The molecule has 0 bridgehead atoms. The molecule has 0 aliphatic carbocycles. The van der Waals surface area contributed by atoms with Crippen molar-refractivity contribution in [3.63, 3.8) is 0 Å². The summed E-state index contributed by atoms with van der Waals surface area (Å²) in [6.45, 7) is 1.22. The van der Waals surface area contributed by atoms with E-state index in [9.17, 15) is 14.4 Å². The molecule has 0 aliphatic rings. The first kappa shape index (κ1) is 22.8. The summed E-state index contributed by atoms with van der Waals surface area (Å²) in [7, 11) is 4.30. The first-order valence-corrected chi connectivity index (χ1v) is 9.89. The number of esters is 1. The molecule has 168 valence electrons. The molecule has 1 aromatic heterocycles. The zero-order chi connectivity index (χ0) is 23.3. The van der Waals surface area contributed by atoms with Crippen molar-refractivity contribution >= 4 is 22.8 Å². The van der Waals surface area contributed by atoms with Gasteiger partial charge in [-0.05, 0) is 36.8 Å². The molecule has 3 rings (SSSR count). The first-order chi connectivity index (χ1) is 15.4. The fraction of sp³-hybridized carbons (Fsp3) is 0.304. The number of hydrogen-bond donors (Lipinski definition) is 0. The van der Waals surface area contributed by atoms with Crippen LogP contribution in [0.2, 0.25) is 0 Å². The average molecular weight is 439 g/mol. The van der Waals surface area contributed by atoms with Gasteiger partial charge in [-0.25, -0.2) is 4.98 Å². The maximum atomic E-state index is 13.2.